The normalized spacial score (nSPS) is 24.5. The lowest BCUT2D eigenvalue weighted by Gasteiger charge is -2.30. The molecule has 3 rings (SSSR count). The summed E-state index contributed by atoms with van der Waals surface area (Å²) >= 11 is 1.70. The molecule has 0 spiro atoms. The van der Waals surface area contributed by atoms with E-state index >= 15 is 0 Å². The molecule has 0 aliphatic heterocycles. The van der Waals surface area contributed by atoms with E-state index in [1.54, 1.807) is 11.3 Å². The van der Waals surface area contributed by atoms with Gasteiger partial charge in [-0.05, 0) is 32.6 Å². The van der Waals surface area contributed by atoms with Crippen LogP contribution in [-0.4, -0.2) is 22.7 Å². The number of thiazole rings is 1. The molecule has 2 aliphatic rings. The molecule has 0 amide bonds. The molecule has 116 valence electrons. The van der Waals surface area contributed by atoms with Gasteiger partial charge in [-0.3, -0.25) is 4.79 Å². The second-order valence-corrected chi connectivity index (χ2v) is 7.18. The Balaban J connectivity index is 1.94. The van der Waals surface area contributed by atoms with Gasteiger partial charge in [0.2, 0.25) is 0 Å². The Hall–Kier alpha value is -0.940. The molecule has 0 aromatic carbocycles. The second kappa shape index (κ2) is 6.05. The molecule has 1 fully saturated rings. The van der Waals surface area contributed by atoms with Crippen LogP contribution in [0.4, 0.5) is 0 Å². The Morgan fingerprint density at radius 2 is 2.10 bits per heavy atom. The van der Waals surface area contributed by atoms with Crippen molar-refractivity contribution in [2.75, 3.05) is 6.61 Å². The third kappa shape index (κ3) is 2.73. The van der Waals surface area contributed by atoms with Crippen molar-refractivity contribution < 1.29 is 14.6 Å². The third-order valence-corrected chi connectivity index (χ3v) is 6.05. The van der Waals surface area contributed by atoms with Gasteiger partial charge in [-0.1, -0.05) is 25.7 Å². The first-order chi connectivity index (χ1) is 10.2. The fourth-order valence-electron chi connectivity index (χ4n) is 3.66. The third-order valence-electron chi connectivity index (χ3n) is 4.74. The Kier molecular flexibility index (Phi) is 4.31. The van der Waals surface area contributed by atoms with E-state index in [-0.39, 0.29) is 5.60 Å². The minimum Gasteiger partial charge on any atom is -0.481 e. The molecule has 2 aliphatic carbocycles. The summed E-state index contributed by atoms with van der Waals surface area (Å²) in [4.78, 5) is 17.3. The average molecular weight is 309 g/mol. The highest BCUT2D eigenvalue weighted by molar-refractivity contribution is 7.12. The molecule has 1 unspecified atom stereocenters. The molecule has 1 aromatic heterocycles. The van der Waals surface area contributed by atoms with Crippen molar-refractivity contribution in [3.8, 4) is 0 Å². The number of nitrogens with zero attached hydrogens (tertiary/aromatic N) is 1. The van der Waals surface area contributed by atoms with E-state index in [0.717, 1.165) is 30.0 Å². The van der Waals surface area contributed by atoms with Gasteiger partial charge in [-0.15, -0.1) is 11.3 Å². The predicted octanol–water partition coefficient (Wildman–Crippen LogP) is 3.84. The minimum absolute atomic E-state index is 0.261. The topological polar surface area (TPSA) is 59.4 Å². The standard InChI is InChI=1S/C16H23NO3S/c1-2-20-16(9-5-3-4-6-10-16)15-17-13-11(14(18)19)7-8-12(13)21-15/h11H,2-10H2,1H3,(H,18,19). The van der Waals surface area contributed by atoms with E-state index in [1.165, 1.54) is 30.6 Å². The minimum atomic E-state index is -0.739. The summed E-state index contributed by atoms with van der Waals surface area (Å²) < 4.78 is 6.17. The molecule has 0 bridgehead atoms. The zero-order valence-corrected chi connectivity index (χ0v) is 13.4. The van der Waals surface area contributed by atoms with Crippen molar-refractivity contribution in [1.29, 1.82) is 0 Å². The summed E-state index contributed by atoms with van der Waals surface area (Å²) in [6.07, 6.45) is 8.46. The Bertz CT molecular complexity index is 518. The molecular formula is C16H23NO3S. The molecular weight excluding hydrogens is 286 g/mol. The molecule has 1 aromatic rings. The number of carboxylic acids is 1. The van der Waals surface area contributed by atoms with Gasteiger partial charge < -0.3 is 9.84 Å². The monoisotopic (exact) mass is 309 g/mol. The number of aliphatic carboxylic acids is 1. The average Bonchev–Trinajstić information content (AvgIpc) is 2.94. The first kappa shape index (κ1) is 15.0. The summed E-state index contributed by atoms with van der Waals surface area (Å²) in [6, 6.07) is 0. The van der Waals surface area contributed by atoms with E-state index in [1.807, 2.05) is 6.92 Å². The highest BCUT2D eigenvalue weighted by Gasteiger charge is 2.40. The van der Waals surface area contributed by atoms with Crippen molar-refractivity contribution in [1.82, 2.24) is 4.98 Å². The smallest absolute Gasteiger partial charge is 0.312 e. The van der Waals surface area contributed by atoms with Crippen LogP contribution in [0.3, 0.4) is 0 Å². The number of carbonyl (C=O) groups is 1. The predicted molar refractivity (Wildman–Crippen MR) is 81.8 cm³/mol. The van der Waals surface area contributed by atoms with Crippen LogP contribution in [0.5, 0.6) is 0 Å². The van der Waals surface area contributed by atoms with Crippen LogP contribution in [0.2, 0.25) is 0 Å². The van der Waals surface area contributed by atoms with E-state index in [4.69, 9.17) is 9.72 Å². The highest BCUT2D eigenvalue weighted by Crippen LogP contribution is 2.45. The SMILES string of the molecule is CCOC1(c2nc3c(s2)CCC3C(=O)O)CCCCCC1. The lowest BCUT2D eigenvalue weighted by Crippen LogP contribution is -2.29. The Labute approximate surface area is 129 Å². The van der Waals surface area contributed by atoms with E-state index < -0.39 is 11.9 Å². The zero-order valence-electron chi connectivity index (χ0n) is 12.6. The highest BCUT2D eigenvalue weighted by atomic mass is 32.1. The van der Waals surface area contributed by atoms with Crippen LogP contribution in [0.25, 0.3) is 0 Å². The van der Waals surface area contributed by atoms with Crippen molar-refractivity contribution in [2.24, 2.45) is 0 Å². The summed E-state index contributed by atoms with van der Waals surface area (Å²) in [5.41, 5.74) is 0.550. The van der Waals surface area contributed by atoms with Crippen LogP contribution < -0.4 is 0 Å². The lowest BCUT2D eigenvalue weighted by molar-refractivity contribution is -0.138. The van der Waals surface area contributed by atoms with Crippen LogP contribution in [0.15, 0.2) is 0 Å². The molecule has 0 radical (unpaired) electrons. The van der Waals surface area contributed by atoms with Gasteiger partial charge in [0.25, 0.3) is 0 Å². The molecule has 21 heavy (non-hydrogen) atoms. The second-order valence-electron chi connectivity index (χ2n) is 6.10. The fraction of sp³-hybridized carbons (Fsp3) is 0.750. The number of fused-ring (bicyclic) bond motifs is 1. The Morgan fingerprint density at radius 1 is 1.38 bits per heavy atom. The number of carboxylic acid groups (broad SMARTS) is 1. The number of aryl methyl sites for hydroxylation is 1. The van der Waals surface area contributed by atoms with Gasteiger partial charge in [-0.25, -0.2) is 4.98 Å². The van der Waals surface area contributed by atoms with E-state index in [2.05, 4.69) is 0 Å². The van der Waals surface area contributed by atoms with Gasteiger partial charge in [0, 0.05) is 11.5 Å². The summed E-state index contributed by atoms with van der Waals surface area (Å²) in [6.45, 7) is 2.72. The first-order valence-electron chi connectivity index (χ1n) is 8.03. The zero-order chi connectivity index (χ0) is 14.9. The van der Waals surface area contributed by atoms with Gasteiger partial charge in [0.05, 0.1) is 5.69 Å². The maximum absolute atomic E-state index is 11.3. The first-order valence-corrected chi connectivity index (χ1v) is 8.85. The van der Waals surface area contributed by atoms with E-state index in [9.17, 15) is 9.90 Å². The number of aromatic nitrogens is 1. The number of ether oxygens (including phenoxy) is 1. The van der Waals surface area contributed by atoms with Crippen LogP contribution in [0, 0.1) is 0 Å². The number of rotatable bonds is 4. The van der Waals surface area contributed by atoms with Crippen molar-refractivity contribution in [2.45, 2.75) is 69.8 Å². The van der Waals surface area contributed by atoms with Gasteiger partial charge >= 0.3 is 5.97 Å². The maximum atomic E-state index is 11.3. The van der Waals surface area contributed by atoms with Crippen LogP contribution >= 0.6 is 11.3 Å². The molecule has 1 saturated carbocycles. The molecule has 1 atom stereocenters. The maximum Gasteiger partial charge on any atom is 0.312 e. The largest absolute Gasteiger partial charge is 0.481 e. The molecule has 0 saturated heterocycles. The van der Waals surface area contributed by atoms with Crippen LogP contribution in [-0.2, 0) is 21.6 Å². The lowest BCUT2D eigenvalue weighted by atomic mass is 9.94. The van der Waals surface area contributed by atoms with Gasteiger partial charge in [0.15, 0.2) is 0 Å². The van der Waals surface area contributed by atoms with Gasteiger partial charge in [0.1, 0.15) is 16.5 Å². The quantitative estimate of drug-likeness (QED) is 0.858. The molecule has 4 nitrogen and oxygen atoms in total. The molecule has 1 N–H and O–H groups in total. The Morgan fingerprint density at radius 3 is 2.71 bits per heavy atom. The van der Waals surface area contributed by atoms with Crippen LogP contribution in [0.1, 0.15) is 73.4 Å². The summed E-state index contributed by atoms with van der Waals surface area (Å²) in [5.74, 6) is -1.15. The van der Waals surface area contributed by atoms with Crippen molar-refractivity contribution >= 4 is 17.3 Å². The van der Waals surface area contributed by atoms with Gasteiger partial charge in [-0.2, -0.15) is 0 Å². The molecule has 5 heteroatoms. The van der Waals surface area contributed by atoms with E-state index in [0.29, 0.717) is 13.0 Å². The summed E-state index contributed by atoms with van der Waals surface area (Å²) in [7, 11) is 0. The van der Waals surface area contributed by atoms with Crippen molar-refractivity contribution in [3.05, 3.63) is 15.6 Å². The number of hydrogen-bond donors (Lipinski definition) is 1. The van der Waals surface area contributed by atoms with Crippen molar-refractivity contribution in [3.63, 3.8) is 0 Å². The fourth-order valence-corrected chi connectivity index (χ4v) is 5.00. The summed E-state index contributed by atoms with van der Waals surface area (Å²) in [5, 5.41) is 10.4. The molecule has 1 heterocycles. The number of hydrogen-bond acceptors (Lipinski definition) is 4.